The zero-order valence-electron chi connectivity index (χ0n) is 12.1. The second kappa shape index (κ2) is 5.90. The zero-order valence-corrected chi connectivity index (χ0v) is 12.1. The van der Waals surface area contributed by atoms with Gasteiger partial charge in [-0.3, -0.25) is 9.59 Å². The standard InChI is InChI=1S/C16H20N2O2/c1-10(2)17-15(19)7-5-12-9-13-8-11(3)4-6-14(13)18-16(12)20/h4,6,8-10H,5,7H2,1-3H3,(H,17,19)(H,18,20). The maximum Gasteiger partial charge on any atom is 0.251 e. The molecule has 0 radical (unpaired) electrons. The number of rotatable bonds is 4. The van der Waals surface area contributed by atoms with Crippen LogP contribution in [0, 0.1) is 6.92 Å². The van der Waals surface area contributed by atoms with E-state index in [9.17, 15) is 9.59 Å². The molecule has 0 fully saturated rings. The van der Waals surface area contributed by atoms with Gasteiger partial charge in [0.05, 0.1) is 0 Å². The Hall–Kier alpha value is -2.10. The fraction of sp³-hybridized carbons (Fsp3) is 0.375. The number of H-pyrrole nitrogens is 1. The number of nitrogens with one attached hydrogen (secondary N) is 2. The van der Waals surface area contributed by atoms with E-state index in [4.69, 9.17) is 0 Å². The quantitative estimate of drug-likeness (QED) is 0.897. The molecule has 4 heteroatoms. The first-order valence-corrected chi connectivity index (χ1v) is 6.87. The number of hydrogen-bond donors (Lipinski definition) is 2. The molecule has 4 nitrogen and oxygen atoms in total. The Kier molecular flexibility index (Phi) is 4.23. The molecule has 0 aliphatic rings. The number of benzene rings is 1. The summed E-state index contributed by atoms with van der Waals surface area (Å²) < 4.78 is 0. The van der Waals surface area contributed by atoms with E-state index in [0.717, 1.165) is 16.5 Å². The topological polar surface area (TPSA) is 62.0 Å². The van der Waals surface area contributed by atoms with Crippen LogP contribution in [0.1, 0.15) is 31.4 Å². The van der Waals surface area contributed by atoms with Crippen molar-refractivity contribution in [2.45, 2.75) is 39.7 Å². The Labute approximate surface area is 118 Å². The van der Waals surface area contributed by atoms with Crippen molar-refractivity contribution < 1.29 is 4.79 Å². The summed E-state index contributed by atoms with van der Waals surface area (Å²) in [5.74, 6) is -0.0243. The normalized spacial score (nSPS) is 11.0. The summed E-state index contributed by atoms with van der Waals surface area (Å²) in [6.07, 6.45) is 0.788. The highest BCUT2D eigenvalue weighted by atomic mass is 16.1. The second-order valence-electron chi connectivity index (χ2n) is 5.44. The van der Waals surface area contributed by atoms with Crippen LogP contribution in [0.2, 0.25) is 0 Å². The third kappa shape index (κ3) is 3.47. The van der Waals surface area contributed by atoms with Crippen molar-refractivity contribution in [3.05, 3.63) is 45.7 Å². The Balaban J connectivity index is 2.19. The Morgan fingerprint density at radius 2 is 2.05 bits per heavy atom. The molecule has 1 heterocycles. The molecule has 1 amide bonds. The van der Waals surface area contributed by atoms with Gasteiger partial charge in [0.15, 0.2) is 0 Å². The van der Waals surface area contributed by atoms with Crippen molar-refractivity contribution in [3.63, 3.8) is 0 Å². The lowest BCUT2D eigenvalue weighted by atomic mass is 10.1. The van der Waals surface area contributed by atoms with Gasteiger partial charge in [-0.25, -0.2) is 0 Å². The predicted molar refractivity (Wildman–Crippen MR) is 80.9 cm³/mol. The van der Waals surface area contributed by atoms with Crippen LogP contribution >= 0.6 is 0 Å². The molecule has 0 saturated heterocycles. The summed E-state index contributed by atoms with van der Waals surface area (Å²) in [4.78, 5) is 26.5. The number of aromatic amines is 1. The molecule has 2 aromatic rings. The van der Waals surface area contributed by atoms with Crippen molar-refractivity contribution in [1.82, 2.24) is 10.3 Å². The van der Waals surface area contributed by atoms with Gasteiger partial charge in [0.2, 0.25) is 5.91 Å². The number of aryl methyl sites for hydroxylation is 2. The van der Waals surface area contributed by atoms with Crippen LogP contribution in [0.15, 0.2) is 29.1 Å². The Morgan fingerprint density at radius 3 is 2.75 bits per heavy atom. The minimum Gasteiger partial charge on any atom is -0.354 e. The van der Waals surface area contributed by atoms with Crippen LogP contribution < -0.4 is 10.9 Å². The number of carbonyl (C=O) groups is 1. The van der Waals surface area contributed by atoms with E-state index < -0.39 is 0 Å². The van der Waals surface area contributed by atoms with E-state index in [-0.39, 0.29) is 17.5 Å². The molecule has 106 valence electrons. The lowest BCUT2D eigenvalue weighted by Gasteiger charge is -2.08. The van der Waals surface area contributed by atoms with E-state index in [1.54, 1.807) is 0 Å². The highest BCUT2D eigenvalue weighted by Crippen LogP contribution is 2.13. The third-order valence-corrected chi connectivity index (χ3v) is 3.15. The van der Waals surface area contributed by atoms with Crippen molar-refractivity contribution in [2.24, 2.45) is 0 Å². The highest BCUT2D eigenvalue weighted by molar-refractivity contribution is 5.80. The number of amides is 1. The number of aromatic nitrogens is 1. The molecular weight excluding hydrogens is 252 g/mol. The maximum atomic E-state index is 12.0. The van der Waals surface area contributed by atoms with Crippen LogP contribution in [0.3, 0.4) is 0 Å². The summed E-state index contributed by atoms with van der Waals surface area (Å²) in [6, 6.07) is 7.90. The highest BCUT2D eigenvalue weighted by Gasteiger charge is 2.07. The van der Waals surface area contributed by atoms with E-state index in [0.29, 0.717) is 18.4 Å². The van der Waals surface area contributed by atoms with Gasteiger partial charge in [-0.15, -0.1) is 0 Å². The molecule has 1 aromatic heterocycles. The van der Waals surface area contributed by atoms with Gasteiger partial charge in [-0.05, 0) is 50.8 Å². The zero-order chi connectivity index (χ0) is 14.7. The SMILES string of the molecule is Cc1ccc2[nH]c(=O)c(CCC(=O)NC(C)C)cc2c1. The second-order valence-corrected chi connectivity index (χ2v) is 5.44. The van der Waals surface area contributed by atoms with E-state index in [1.165, 1.54) is 0 Å². The molecule has 0 spiro atoms. The molecule has 20 heavy (non-hydrogen) atoms. The molecule has 0 saturated carbocycles. The maximum absolute atomic E-state index is 12.0. The van der Waals surface area contributed by atoms with Crippen molar-refractivity contribution in [1.29, 1.82) is 0 Å². The average molecular weight is 272 g/mol. The van der Waals surface area contributed by atoms with Crippen molar-refractivity contribution in [2.75, 3.05) is 0 Å². The van der Waals surface area contributed by atoms with Gasteiger partial charge < -0.3 is 10.3 Å². The summed E-state index contributed by atoms with van der Waals surface area (Å²) in [6.45, 7) is 5.85. The first-order chi connectivity index (χ1) is 9.45. The van der Waals surface area contributed by atoms with E-state index in [1.807, 2.05) is 45.0 Å². The number of pyridine rings is 1. The Morgan fingerprint density at radius 1 is 1.30 bits per heavy atom. The molecule has 0 bridgehead atoms. The number of hydrogen-bond acceptors (Lipinski definition) is 2. The average Bonchev–Trinajstić information content (AvgIpc) is 2.36. The summed E-state index contributed by atoms with van der Waals surface area (Å²) in [5.41, 5.74) is 2.52. The lowest BCUT2D eigenvalue weighted by molar-refractivity contribution is -0.121. The molecule has 1 aromatic carbocycles. The monoisotopic (exact) mass is 272 g/mol. The van der Waals surface area contributed by atoms with Crippen LogP contribution in [0.5, 0.6) is 0 Å². The van der Waals surface area contributed by atoms with E-state index >= 15 is 0 Å². The van der Waals surface area contributed by atoms with E-state index in [2.05, 4.69) is 10.3 Å². The van der Waals surface area contributed by atoms with Crippen LogP contribution in [0.25, 0.3) is 10.9 Å². The van der Waals surface area contributed by atoms with Crippen molar-refractivity contribution >= 4 is 16.8 Å². The molecular formula is C16H20N2O2. The summed E-state index contributed by atoms with van der Waals surface area (Å²) >= 11 is 0. The molecule has 0 aliphatic heterocycles. The van der Waals surface area contributed by atoms with Gasteiger partial charge in [0.25, 0.3) is 5.56 Å². The minimum absolute atomic E-state index is 0.0243. The van der Waals surface area contributed by atoms with Gasteiger partial charge in [0, 0.05) is 23.5 Å². The van der Waals surface area contributed by atoms with Gasteiger partial charge >= 0.3 is 0 Å². The smallest absolute Gasteiger partial charge is 0.251 e. The first kappa shape index (κ1) is 14.3. The fourth-order valence-corrected chi connectivity index (χ4v) is 2.20. The summed E-state index contributed by atoms with van der Waals surface area (Å²) in [7, 11) is 0. The molecule has 0 aliphatic carbocycles. The molecule has 0 atom stereocenters. The van der Waals surface area contributed by atoms with Crippen LogP contribution in [-0.2, 0) is 11.2 Å². The number of fused-ring (bicyclic) bond motifs is 1. The molecule has 2 rings (SSSR count). The largest absolute Gasteiger partial charge is 0.354 e. The van der Waals surface area contributed by atoms with Crippen LogP contribution in [-0.4, -0.2) is 16.9 Å². The molecule has 0 unspecified atom stereocenters. The first-order valence-electron chi connectivity index (χ1n) is 6.87. The number of carbonyl (C=O) groups excluding carboxylic acids is 1. The Bertz CT molecular complexity index is 686. The van der Waals surface area contributed by atoms with Crippen molar-refractivity contribution in [3.8, 4) is 0 Å². The molecule has 2 N–H and O–H groups in total. The van der Waals surface area contributed by atoms with Gasteiger partial charge in [0.1, 0.15) is 0 Å². The van der Waals surface area contributed by atoms with Gasteiger partial charge in [-0.1, -0.05) is 11.6 Å². The third-order valence-electron chi connectivity index (χ3n) is 3.15. The fourth-order valence-electron chi connectivity index (χ4n) is 2.20. The van der Waals surface area contributed by atoms with Crippen LogP contribution in [0.4, 0.5) is 0 Å². The minimum atomic E-state index is -0.112. The predicted octanol–water partition coefficient (Wildman–Crippen LogP) is 2.29. The summed E-state index contributed by atoms with van der Waals surface area (Å²) in [5, 5.41) is 3.83. The lowest BCUT2D eigenvalue weighted by Crippen LogP contribution is -2.30. The van der Waals surface area contributed by atoms with Gasteiger partial charge in [-0.2, -0.15) is 0 Å².